The third kappa shape index (κ3) is 3.70. The van der Waals surface area contributed by atoms with Gasteiger partial charge in [0.05, 0.1) is 31.0 Å². The SMILES string of the molecule is COc1ccc(C)c2sc(N(Cc3ccco3)C(=O)Cc3ccc4c(c3)OCO4)nc12. The fourth-order valence-electron chi connectivity index (χ4n) is 3.52. The van der Waals surface area contributed by atoms with Crippen LogP contribution in [0.4, 0.5) is 5.13 Å². The number of anilines is 1. The van der Waals surface area contributed by atoms with Gasteiger partial charge >= 0.3 is 0 Å². The first-order chi connectivity index (χ1) is 15.1. The molecule has 1 amide bonds. The van der Waals surface area contributed by atoms with Crippen molar-refractivity contribution >= 4 is 32.6 Å². The predicted molar refractivity (Wildman–Crippen MR) is 117 cm³/mol. The standard InChI is InChI=1S/C23H20N2O5S/c1-14-5-7-18(27-2)21-22(14)31-23(24-21)25(12-16-4-3-9-28-16)20(26)11-15-6-8-17-19(10-15)30-13-29-17/h3-10H,11-13H2,1-2H3. The molecule has 0 bridgehead atoms. The average Bonchev–Trinajstić information content (AvgIpc) is 3.52. The van der Waals surface area contributed by atoms with Crippen molar-refractivity contribution in [3.05, 3.63) is 65.6 Å². The number of fused-ring (bicyclic) bond motifs is 2. The van der Waals surface area contributed by atoms with Crippen molar-refractivity contribution in [3.8, 4) is 17.2 Å². The monoisotopic (exact) mass is 436 g/mol. The molecule has 1 aliphatic heterocycles. The van der Waals surface area contributed by atoms with Gasteiger partial charge in [-0.25, -0.2) is 4.98 Å². The lowest BCUT2D eigenvalue weighted by atomic mass is 10.1. The smallest absolute Gasteiger partial charge is 0.233 e. The van der Waals surface area contributed by atoms with Crippen LogP contribution >= 0.6 is 11.3 Å². The molecule has 0 unspecified atom stereocenters. The van der Waals surface area contributed by atoms with Crippen molar-refractivity contribution in [2.24, 2.45) is 0 Å². The lowest BCUT2D eigenvalue weighted by molar-refractivity contribution is -0.118. The number of hydrogen-bond acceptors (Lipinski definition) is 7. The maximum atomic E-state index is 13.4. The molecule has 7 nitrogen and oxygen atoms in total. The molecule has 0 saturated heterocycles. The first-order valence-corrected chi connectivity index (χ1v) is 10.6. The van der Waals surface area contributed by atoms with Crippen LogP contribution in [0.3, 0.4) is 0 Å². The molecular weight excluding hydrogens is 416 g/mol. The van der Waals surface area contributed by atoms with Crippen LogP contribution in [0, 0.1) is 6.92 Å². The molecule has 0 atom stereocenters. The summed E-state index contributed by atoms with van der Waals surface area (Å²) in [6.45, 7) is 2.51. The second-order valence-corrected chi connectivity index (χ2v) is 8.16. The van der Waals surface area contributed by atoms with E-state index >= 15 is 0 Å². The maximum absolute atomic E-state index is 13.4. The lowest BCUT2D eigenvalue weighted by Gasteiger charge is -2.19. The fourth-order valence-corrected chi connectivity index (χ4v) is 4.59. The van der Waals surface area contributed by atoms with Gasteiger partial charge in [0, 0.05) is 0 Å². The summed E-state index contributed by atoms with van der Waals surface area (Å²) in [5, 5.41) is 0.602. The summed E-state index contributed by atoms with van der Waals surface area (Å²) in [6.07, 6.45) is 1.80. The van der Waals surface area contributed by atoms with E-state index in [1.165, 1.54) is 11.3 Å². The van der Waals surface area contributed by atoms with Gasteiger partial charge in [-0.15, -0.1) is 0 Å². The number of ether oxygens (including phenoxy) is 3. The Morgan fingerprint density at radius 3 is 2.87 bits per heavy atom. The number of carbonyl (C=O) groups excluding carboxylic acids is 1. The number of rotatable bonds is 6. The Morgan fingerprint density at radius 1 is 1.19 bits per heavy atom. The molecule has 158 valence electrons. The topological polar surface area (TPSA) is 74.0 Å². The first kappa shape index (κ1) is 19.4. The van der Waals surface area contributed by atoms with E-state index in [1.54, 1.807) is 24.3 Å². The molecule has 5 rings (SSSR count). The van der Waals surface area contributed by atoms with Crippen molar-refractivity contribution in [2.75, 3.05) is 18.8 Å². The van der Waals surface area contributed by atoms with Gasteiger partial charge in [-0.1, -0.05) is 23.5 Å². The van der Waals surface area contributed by atoms with Gasteiger partial charge in [0.2, 0.25) is 12.7 Å². The van der Waals surface area contributed by atoms with Gasteiger partial charge < -0.3 is 18.6 Å². The predicted octanol–water partition coefficient (Wildman–Crippen LogP) is 4.71. The number of furan rings is 1. The molecule has 8 heteroatoms. The van der Waals surface area contributed by atoms with E-state index in [4.69, 9.17) is 23.6 Å². The summed E-state index contributed by atoms with van der Waals surface area (Å²) in [6, 6.07) is 13.1. The van der Waals surface area contributed by atoms with E-state index < -0.39 is 0 Å². The third-order valence-corrected chi connectivity index (χ3v) is 6.34. The Balaban J connectivity index is 1.50. The number of amides is 1. The van der Waals surface area contributed by atoms with E-state index in [9.17, 15) is 4.79 Å². The molecule has 0 saturated carbocycles. The Bertz CT molecular complexity index is 1250. The molecule has 0 radical (unpaired) electrons. The molecule has 3 heterocycles. The summed E-state index contributed by atoms with van der Waals surface area (Å²) in [5.74, 6) is 2.62. The molecule has 0 aliphatic carbocycles. The number of carbonyl (C=O) groups is 1. The molecule has 0 N–H and O–H groups in total. The molecule has 31 heavy (non-hydrogen) atoms. The van der Waals surface area contributed by atoms with E-state index in [1.807, 2.05) is 43.3 Å². The van der Waals surface area contributed by atoms with E-state index in [0.717, 1.165) is 21.3 Å². The first-order valence-electron chi connectivity index (χ1n) is 9.78. The third-order valence-electron chi connectivity index (χ3n) is 5.13. The van der Waals surface area contributed by atoms with Gasteiger partial charge in [0.15, 0.2) is 16.6 Å². The maximum Gasteiger partial charge on any atom is 0.233 e. The molecule has 2 aromatic carbocycles. The second kappa shape index (κ2) is 7.96. The highest BCUT2D eigenvalue weighted by Crippen LogP contribution is 2.37. The number of benzene rings is 2. The highest BCUT2D eigenvalue weighted by molar-refractivity contribution is 7.22. The van der Waals surface area contributed by atoms with Gasteiger partial charge in [-0.2, -0.15) is 0 Å². The fraction of sp³-hybridized carbons (Fsp3) is 0.217. The minimum atomic E-state index is -0.0917. The lowest BCUT2D eigenvalue weighted by Crippen LogP contribution is -2.31. The zero-order chi connectivity index (χ0) is 21.4. The minimum Gasteiger partial charge on any atom is -0.494 e. The summed E-state index contributed by atoms with van der Waals surface area (Å²) >= 11 is 1.47. The second-order valence-electron chi connectivity index (χ2n) is 7.18. The summed E-state index contributed by atoms with van der Waals surface area (Å²) in [4.78, 5) is 19.8. The van der Waals surface area contributed by atoms with Crippen LogP contribution in [0.5, 0.6) is 17.2 Å². The van der Waals surface area contributed by atoms with Crippen LogP contribution in [-0.4, -0.2) is 24.8 Å². The minimum absolute atomic E-state index is 0.0917. The molecular formula is C23H20N2O5S. The highest BCUT2D eigenvalue weighted by Gasteiger charge is 2.24. The number of aryl methyl sites for hydroxylation is 1. The van der Waals surface area contributed by atoms with Crippen LogP contribution in [-0.2, 0) is 17.8 Å². The zero-order valence-corrected chi connectivity index (χ0v) is 17.9. The molecule has 0 fully saturated rings. The van der Waals surface area contributed by atoms with Gasteiger partial charge in [0.1, 0.15) is 17.0 Å². The molecule has 1 aliphatic rings. The average molecular weight is 436 g/mol. The van der Waals surface area contributed by atoms with Crippen molar-refractivity contribution in [1.29, 1.82) is 0 Å². The normalized spacial score (nSPS) is 12.3. The Labute approximate surface area is 182 Å². The van der Waals surface area contributed by atoms with Crippen molar-refractivity contribution < 1.29 is 23.4 Å². The van der Waals surface area contributed by atoms with E-state index in [0.29, 0.717) is 28.1 Å². The van der Waals surface area contributed by atoms with E-state index in [-0.39, 0.29) is 25.7 Å². The Kier molecular flexibility index (Phi) is 4.99. The van der Waals surface area contributed by atoms with Crippen LogP contribution in [0.25, 0.3) is 10.2 Å². The highest BCUT2D eigenvalue weighted by atomic mass is 32.1. The van der Waals surface area contributed by atoms with E-state index in [2.05, 4.69) is 0 Å². The van der Waals surface area contributed by atoms with Gasteiger partial charge in [-0.3, -0.25) is 9.69 Å². The number of hydrogen-bond donors (Lipinski definition) is 0. The number of methoxy groups -OCH3 is 1. The number of nitrogens with zero attached hydrogens (tertiary/aromatic N) is 2. The Hall–Kier alpha value is -3.52. The molecule has 4 aromatic rings. The van der Waals surface area contributed by atoms with Crippen LogP contribution in [0.15, 0.2) is 53.1 Å². The molecule has 2 aromatic heterocycles. The van der Waals surface area contributed by atoms with Crippen molar-refractivity contribution in [3.63, 3.8) is 0 Å². The summed E-state index contributed by atoms with van der Waals surface area (Å²) in [7, 11) is 1.62. The summed E-state index contributed by atoms with van der Waals surface area (Å²) in [5.41, 5.74) is 2.68. The van der Waals surface area contributed by atoms with Crippen molar-refractivity contribution in [1.82, 2.24) is 4.98 Å². The van der Waals surface area contributed by atoms with Gasteiger partial charge in [-0.05, 0) is 48.4 Å². The molecule has 0 spiro atoms. The zero-order valence-electron chi connectivity index (χ0n) is 17.1. The largest absolute Gasteiger partial charge is 0.494 e. The Morgan fingerprint density at radius 2 is 2.06 bits per heavy atom. The number of aromatic nitrogens is 1. The van der Waals surface area contributed by atoms with Crippen LogP contribution in [0.1, 0.15) is 16.9 Å². The quantitative estimate of drug-likeness (QED) is 0.436. The summed E-state index contributed by atoms with van der Waals surface area (Å²) < 4.78 is 22.8. The van der Waals surface area contributed by atoms with Gasteiger partial charge in [0.25, 0.3) is 0 Å². The number of thiazole rings is 1. The van der Waals surface area contributed by atoms with Crippen LogP contribution in [0.2, 0.25) is 0 Å². The van der Waals surface area contributed by atoms with Crippen molar-refractivity contribution in [2.45, 2.75) is 19.9 Å². The van der Waals surface area contributed by atoms with Crippen LogP contribution < -0.4 is 19.1 Å².